The van der Waals surface area contributed by atoms with Crippen LogP contribution in [-0.2, 0) is 11.3 Å². The van der Waals surface area contributed by atoms with Gasteiger partial charge in [-0.25, -0.2) is 0 Å². The molecule has 146 valence electrons. The number of carbonyl (C=O) groups is 1. The predicted molar refractivity (Wildman–Crippen MR) is 109 cm³/mol. The van der Waals surface area contributed by atoms with Crippen LogP contribution in [0.5, 0.6) is 0 Å². The maximum absolute atomic E-state index is 12.7. The van der Waals surface area contributed by atoms with Gasteiger partial charge >= 0.3 is 0 Å². The van der Waals surface area contributed by atoms with Gasteiger partial charge in [0.25, 0.3) is 11.6 Å². The zero-order chi connectivity index (χ0) is 20.3. The Morgan fingerprint density at radius 3 is 2.79 bits per heavy atom. The Labute approximate surface area is 173 Å². The molecule has 0 unspecified atom stereocenters. The highest BCUT2D eigenvalue weighted by Gasteiger charge is 2.15. The Hall–Kier alpha value is -2.26. The fourth-order valence-corrected chi connectivity index (χ4v) is 4.04. The molecule has 0 N–H and O–H groups in total. The van der Waals surface area contributed by atoms with Gasteiger partial charge in [0.05, 0.1) is 32.3 Å². The van der Waals surface area contributed by atoms with Crippen LogP contribution >= 0.6 is 34.5 Å². The van der Waals surface area contributed by atoms with Crippen molar-refractivity contribution in [3.8, 4) is 0 Å². The van der Waals surface area contributed by atoms with Gasteiger partial charge in [0.1, 0.15) is 0 Å². The second kappa shape index (κ2) is 8.83. The number of hydrogen-bond donors (Lipinski definition) is 0. The summed E-state index contributed by atoms with van der Waals surface area (Å²) in [6.07, 6.45) is 0. The molecule has 0 saturated heterocycles. The fraction of sp³-hybridized carbons (Fsp3) is 0.222. The Morgan fingerprint density at radius 1 is 1.29 bits per heavy atom. The average molecular weight is 440 g/mol. The Morgan fingerprint density at radius 2 is 2.07 bits per heavy atom. The molecule has 2 aromatic carbocycles. The molecule has 0 aliphatic rings. The molecule has 0 aliphatic heterocycles. The van der Waals surface area contributed by atoms with Gasteiger partial charge in [0.2, 0.25) is 0 Å². The molecule has 1 amide bonds. The van der Waals surface area contributed by atoms with Crippen LogP contribution in [-0.4, -0.2) is 28.6 Å². The van der Waals surface area contributed by atoms with E-state index in [1.165, 1.54) is 35.6 Å². The van der Waals surface area contributed by atoms with Crippen LogP contribution in [0, 0.1) is 10.1 Å². The molecule has 0 aliphatic carbocycles. The van der Waals surface area contributed by atoms with E-state index in [0.717, 1.165) is 5.52 Å². The number of nitro benzene ring substituents is 1. The minimum Gasteiger partial charge on any atom is -0.380 e. The van der Waals surface area contributed by atoms with Crippen molar-refractivity contribution in [3.05, 3.63) is 66.9 Å². The number of non-ortho nitro benzene ring substituents is 1. The van der Waals surface area contributed by atoms with E-state index in [0.29, 0.717) is 34.3 Å². The first-order valence-electron chi connectivity index (χ1n) is 8.30. The quantitative estimate of drug-likeness (QED) is 0.316. The van der Waals surface area contributed by atoms with Crippen LogP contribution in [0.2, 0.25) is 10.0 Å². The van der Waals surface area contributed by atoms with Gasteiger partial charge in [-0.3, -0.25) is 14.9 Å². The Bertz CT molecular complexity index is 1120. The zero-order valence-corrected chi connectivity index (χ0v) is 17.1. The summed E-state index contributed by atoms with van der Waals surface area (Å²) in [5, 5.41) is 11.7. The number of thiazole rings is 1. The molecule has 3 aromatic rings. The van der Waals surface area contributed by atoms with E-state index in [9.17, 15) is 14.9 Å². The zero-order valence-electron chi connectivity index (χ0n) is 14.7. The van der Waals surface area contributed by atoms with Crippen LogP contribution in [0.15, 0.2) is 41.4 Å². The summed E-state index contributed by atoms with van der Waals surface area (Å²) < 4.78 is 7.86. The number of hydrogen-bond acceptors (Lipinski definition) is 5. The molecule has 0 atom stereocenters. The summed E-state index contributed by atoms with van der Waals surface area (Å²) in [4.78, 5) is 27.9. The maximum Gasteiger partial charge on any atom is 0.281 e. The number of rotatable bonds is 6. The smallest absolute Gasteiger partial charge is 0.281 e. The first kappa shape index (κ1) is 20.5. The molecule has 1 aromatic heterocycles. The van der Waals surface area contributed by atoms with Crippen molar-refractivity contribution in [1.29, 1.82) is 0 Å². The largest absolute Gasteiger partial charge is 0.380 e. The summed E-state index contributed by atoms with van der Waals surface area (Å²) in [6.45, 7) is 3.30. The summed E-state index contributed by atoms with van der Waals surface area (Å²) in [5.74, 6) is -0.543. The summed E-state index contributed by atoms with van der Waals surface area (Å²) in [6, 6.07) is 9.11. The molecule has 0 saturated carbocycles. The highest BCUT2D eigenvalue weighted by atomic mass is 35.5. The van der Waals surface area contributed by atoms with E-state index in [1.807, 2.05) is 6.92 Å². The third-order valence-electron chi connectivity index (χ3n) is 3.90. The van der Waals surface area contributed by atoms with Crippen LogP contribution in [0.3, 0.4) is 0 Å². The van der Waals surface area contributed by atoms with Crippen molar-refractivity contribution in [1.82, 2.24) is 4.57 Å². The Kier molecular flexibility index (Phi) is 6.46. The predicted octanol–water partition coefficient (Wildman–Crippen LogP) is 4.70. The van der Waals surface area contributed by atoms with Gasteiger partial charge in [-0.2, -0.15) is 4.99 Å². The first-order valence-corrected chi connectivity index (χ1v) is 9.87. The molecule has 0 fully saturated rings. The second-order valence-electron chi connectivity index (χ2n) is 5.68. The topological polar surface area (TPSA) is 86.7 Å². The molecular weight excluding hydrogens is 425 g/mol. The number of nitrogens with zero attached hydrogens (tertiary/aromatic N) is 3. The van der Waals surface area contributed by atoms with Crippen LogP contribution in [0.1, 0.15) is 17.3 Å². The highest BCUT2D eigenvalue weighted by molar-refractivity contribution is 7.16. The summed E-state index contributed by atoms with van der Waals surface area (Å²) in [7, 11) is 0. The minimum atomic E-state index is -0.543. The number of benzene rings is 2. The number of fused-ring (bicyclic) bond motifs is 1. The number of halogens is 2. The van der Waals surface area contributed by atoms with Gasteiger partial charge in [-0.15, -0.1) is 0 Å². The normalized spacial score (nSPS) is 11.9. The third kappa shape index (κ3) is 4.41. The molecule has 3 rings (SSSR count). The number of nitro groups is 1. The molecule has 0 radical (unpaired) electrons. The third-order valence-corrected chi connectivity index (χ3v) is 5.50. The van der Waals surface area contributed by atoms with E-state index in [4.69, 9.17) is 27.9 Å². The molecule has 0 spiro atoms. The summed E-state index contributed by atoms with van der Waals surface area (Å²) >= 11 is 13.2. The molecule has 0 bridgehead atoms. The first-order chi connectivity index (χ1) is 13.4. The number of aromatic nitrogens is 1. The average Bonchev–Trinajstić information content (AvgIpc) is 3.00. The van der Waals surface area contributed by atoms with E-state index in [1.54, 1.807) is 16.7 Å². The Balaban J connectivity index is 2.12. The molecule has 10 heteroatoms. The summed E-state index contributed by atoms with van der Waals surface area (Å²) in [5.41, 5.74) is 0.898. The van der Waals surface area contributed by atoms with Crippen molar-refractivity contribution < 1.29 is 14.5 Å². The van der Waals surface area contributed by atoms with Gasteiger partial charge < -0.3 is 9.30 Å². The van der Waals surface area contributed by atoms with Crippen molar-refractivity contribution in [2.45, 2.75) is 13.5 Å². The molecule has 1 heterocycles. The van der Waals surface area contributed by atoms with Crippen molar-refractivity contribution in [2.24, 2.45) is 4.99 Å². The molecule has 28 heavy (non-hydrogen) atoms. The number of ether oxygens (including phenoxy) is 1. The second-order valence-corrected chi connectivity index (χ2v) is 7.54. The maximum atomic E-state index is 12.7. The van der Waals surface area contributed by atoms with E-state index < -0.39 is 10.8 Å². The van der Waals surface area contributed by atoms with Crippen LogP contribution in [0.4, 0.5) is 5.69 Å². The lowest BCUT2D eigenvalue weighted by atomic mass is 10.2. The fourth-order valence-electron chi connectivity index (χ4n) is 2.59. The van der Waals surface area contributed by atoms with Gasteiger partial charge in [-0.1, -0.05) is 34.5 Å². The van der Waals surface area contributed by atoms with Gasteiger partial charge in [-0.05, 0) is 31.2 Å². The molecular formula is C18H15Cl2N3O4S. The lowest BCUT2D eigenvalue weighted by molar-refractivity contribution is -0.384. The van der Waals surface area contributed by atoms with E-state index in [-0.39, 0.29) is 16.3 Å². The van der Waals surface area contributed by atoms with E-state index in [2.05, 4.69) is 4.99 Å². The minimum absolute atomic E-state index is 0.0264. The standard InChI is InChI=1S/C18H15Cl2N3O4S/c1-2-27-8-7-22-15-6-4-12(23(25)26)10-16(15)28-18(22)21-17(24)13-9-11(19)3-5-14(13)20/h3-6,9-10H,2,7-8H2,1H3. The number of carbonyl (C=O) groups excluding carboxylic acids is 1. The van der Waals surface area contributed by atoms with Crippen molar-refractivity contribution in [2.75, 3.05) is 13.2 Å². The van der Waals surface area contributed by atoms with Gasteiger partial charge in [0, 0.05) is 30.3 Å². The monoisotopic (exact) mass is 439 g/mol. The highest BCUT2D eigenvalue weighted by Crippen LogP contribution is 2.24. The van der Waals surface area contributed by atoms with Crippen molar-refractivity contribution >= 4 is 56.3 Å². The SMILES string of the molecule is CCOCCn1c(=NC(=O)c2cc(Cl)ccc2Cl)sc2cc([N+](=O)[O-])ccc21. The van der Waals surface area contributed by atoms with Crippen LogP contribution < -0.4 is 4.80 Å². The lowest BCUT2D eigenvalue weighted by Crippen LogP contribution is -2.19. The van der Waals surface area contributed by atoms with Gasteiger partial charge in [0.15, 0.2) is 4.80 Å². The van der Waals surface area contributed by atoms with Crippen molar-refractivity contribution in [3.63, 3.8) is 0 Å². The number of amides is 1. The molecule has 7 nitrogen and oxygen atoms in total. The van der Waals surface area contributed by atoms with E-state index >= 15 is 0 Å². The van der Waals surface area contributed by atoms with Crippen LogP contribution in [0.25, 0.3) is 10.2 Å². The lowest BCUT2D eigenvalue weighted by Gasteiger charge is -2.05.